The molecular formula is C8H11Cl2Na. The predicted molar refractivity (Wildman–Crippen MR) is 43.2 cm³/mol. The van der Waals surface area contributed by atoms with Crippen LogP contribution >= 0.6 is 12.4 Å². The molecule has 0 fully saturated rings. The minimum atomic E-state index is 0. The van der Waals surface area contributed by atoms with Crippen LogP contribution < -0.4 is 42.0 Å². The second-order valence-electron chi connectivity index (χ2n) is 2.08. The molecule has 0 aromatic heterocycles. The van der Waals surface area contributed by atoms with Gasteiger partial charge in [-0.1, -0.05) is 24.3 Å². The van der Waals surface area contributed by atoms with E-state index in [9.17, 15) is 0 Å². The zero-order chi connectivity index (χ0) is 5.98. The Hall–Kier alpha value is 0.800. The van der Waals surface area contributed by atoms with Gasteiger partial charge in [0, 0.05) is 0 Å². The summed E-state index contributed by atoms with van der Waals surface area (Å²) >= 11 is 0. The van der Waals surface area contributed by atoms with Gasteiger partial charge in [0.15, 0.2) is 0 Å². The Bertz CT molecular complexity index is 168. The van der Waals surface area contributed by atoms with Gasteiger partial charge in [0.1, 0.15) is 0 Å². The van der Waals surface area contributed by atoms with Gasteiger partial charge in [0.25, 0.3) is 0 Å². The second kappa shape index (κ2) is 8.89. The number of rotatable bonds is 0. The number of hydrogen-bond donors (Lipinski definition) is 0. The topological polar surface area (TPSA) is 0 Å². The monoisotopic (exact) mass is 200 g/mol. The van der Waals surface area contributed by atoms with E-state index in [1.165, 1.54) is 11.1 Å². The summed E-state index contributed by atoms with van der Waals surface area (Å²) in [4.78, 5) is 0. The molecule has 0 aliphatic carbocycles. The van der Waals surface area contributed by atoms with E-state index in [2.05, 4.69) is 38.1 Å². The van der Waals surface area contributed by atoms with E-state index in [-0.39, 0.29) is 54.4 Å². The van der Waals surface area contributed by atoms with E-state index in [1.807, 2.05) is 0 Å². The summed E-state index contributed by atoms with van der Waals surface area (Å²) < 4.78 is 0. The van der Waals surface area contributed by atoms with Gasteiger partial charge in [-0.05, 0) is 25.0 Å². The summed E-state index contributed by atoms with van der Waals surface area (Å²) in [5.74, 6) is 0. The maximum absolute atomic E-state index is 2.12. The van der Waals surface area contributed by atoms with Crippen molar-refractivity contribution < 1.29 is 42.0 Å². The quantitative estimate of drug-likeness (QED) is 0.386. The summed E-state index contributed by atoms with van der Waals surface area (Å²) in [6.45, 7) is 4.24. The van der Waals surface area contributed by atoms with Gasteiger partial charge in [0.2, 0.25) is 0 Å². The first-order valence-corrected chi connectivity index (χ1v) is 2.83. The summed E-state index contributed by atoms with van der Waals surface area (Å²) in [6.07, 6.45) is 0. The molecular weight excluding hydrogens is 190 g/mol. The zero-order valence-corrected chi connectivity index (χ0v) is 10.7. The molecule has 0 atom stereocenters. The fourth-order valence-corrected chi connectivity index (χ4v) is 0.663. The van der Waals surface area contributed by atoms with E-state index < -0.39 is 0 Å². The van der Waals surface area contributed by atoms with Crippen LogP contribution in [0.4, 0.5) is 0 Å². The van der Waals surface area contributed by atoms with Crippen LogP contribution in [0.2, 0.25) is 0 Å². The number of halogens is 2. The molecule has 1 aromatic rings. The van der Waals surface area contributed by atoms with Crippen LogP contribution in [0.25, 0.3) is 0 Å². The fourth-order valence-electron chi connectivity index (χ4n) is 0.663. The minimum Gasteiger partial charge on any atom is -1.00 e. The molecule has 0 spiro atoms. The average molecular weight is 201 g/mol. The largest absolute Gasteiger partial charge is 1.00 e. The van der Waals surface area contributed by atoms with E-state index in [4.69, 9.17) is 0 Å². The third kappa shape index (κ3) is 6.01. The van der Waals surface area contributed by atoms with E-state index in [0.717, 1.165) is 0 Å². The fraction of sp³-hybridized carbons (Fsp3) is 0.250. The van der Waals surface area contributed by atoms with Crippen molar-refractivity contribution in [1.82, 2.24) is 0 Å². The Labute approximate surface area is 103 Å². The normalized spacial score (nSPS) is 6.73. The average Bonchev–Trinajstić information content (AvgIpc) is 1.77. The molecule has 0 heterocycles. The summed E-state index contributed by atoms with van der Waals surface area (Å²) in [6, 6.07) is 8.36. The number of hydrogen-bond acceptors (Lipinski definition) is 0. The van der Waals surface area contributed by atoms with Crippen LogP contribution in [0.1, 0.15) is 11.1 Å². The third-order valence-corrected chi connectivity index (χ3v) is 1.43. The van der Waals surface area contributed by atoms with Crippen molar-refractivity contribution in [3.8, 4) is 0 Å². The molecule has 0 aliphatic heterocycles. The maximum atomic E-state index is 2.12. The Morgan fingerprint density at radius 1 is 0.909 bits per heavy atom. The molecule has 11 heavy (non-hydrogen) atoms. The Balaban J connectivity index is -0.000000213. The standard InChI is InChI=1S/C8H10.2ClH.Na/c1-7-5-3-4-6-8(7)2;;;/h3-6H,1-2H3;2*1H;/q;;;+1/p-1. The minimum absolute atomic E-state index is 0. The third-order valence-electron chi connectivity index (χ3n) is 1.43. The van der Waals surface area contributed by atoms with Crippen molar-refractivity contribution in [1.29, 1.82) is 0 Å². The molecule has 0 saturated heterocycles. The van der Waals surface area contributed by atoms with Crippen LogP contribution in [0.15, 0.2) is 24.3 Å². The van der Waals surface area contributed by atoms with Crippen molar-refractivity contribution in [3.05, 3.63) is 35.4 Å². The van der Waals surface area contributed by atoms with Crippen LogP contribution in [-0.2, 0) is 0 Å². The molecule has 0 unspecified atom stereocenters. The van der Waals surface area contributed by atoms with Crippen molar-refractivity contribution in [2.45, 2.75) is 13.8 Å². The smallest absolute Gasteiger partial charge is 1.00 e. The van der Waals surface area contributed by atoms with Gasteiger partial charge in [-0.25, -0.2) is 0 Å². The van der Waals surface area contributed by atoms with E-state index >= 15 is 0 Å². The first-order valence-electron chi connectivity index (χ1n) is 2.83. The van der Waals surface area contributed by atoms with Gasteiger partial charge in [0.05, 0.1) is 0 Å². The Morgan fingerprint density at radius 2 is 1.18 bits per heavy atom. The molecule has 58 valence electrons. The van der Waals surface area contributed by atoms with E-state index in [0.29, 0.717) is 0 Å². The first-order chi connectivity index (χ1) is 3.80. The van der Waals surface area contributed by atoms with Crippen LogP contribution in [0, 0.1) is 13.8 Å². The van der Waals surface area contributed by atoms with Gasteiger partial charge < -0.3 is 12.4 Å². The SMILES string of the molecule is Cc1ccccc1C.Cl.[Cl-].[Na+]. The van der Waals surface area contributed by atoms with Crippen molar-refractivity contribution in [2.75, 3.05) is 0 Å². The Kier molecular flexibility index (Phi) is 14.4. The van der Waals surface area contributed by atoms with Gasteiger partial charge in [-0.2, -0.15) is 0 Å². The summed E-state index contributed by atoms with van der Waals surface area (Å²) in [7, 11) is 0. The first kappa shape index (κ1) is 17.8. The number of aryl methyl sites for hydroxylation is 2. The van der Waals surface area contributed by atoms with Crippen molar-refractivity contribution >= 4 is 12.4 Å². The van der Waals surface area contributed by atoms with Crippen LogP contribution in [0.5, 0.6) is 0 Å². The van der Waals surface area contributed by atoms with Crippen molar-refractivity contribution in [2.24, 2.45) is 0 Å². The maximum Gasteiger partial charge on any atom is 1.00 e. The number of benzene rings is 1. The molecule has 0 bridgehead atoms. The molecule has 1 aromatic carbocycles. The van der Waals surface area contributed by atoms with Crippen LogP contribution in [0.3, 0.4) is 0 Å². The molecule has 0 saturated carbocycles. The molecule has 3 heteroatoms. The van der Waals surface area contributed by atoms with Gasteiger partial charge >= 0.3 is 29.6 Å². The Morgan fingerprint density at radius 3 is 1.36 bits per heavy atom. The molecule has 1 rings (SSSR count). The zero-order valence-electron chi connectivity index (χ0n) is 7.10. The molecule has 0 nitrogen and oxygen atoms in total. The van der Waals surface area contributed by atoms with Gasteiger partial charge in [-0.3, -0.25) is 0 Å². The van der Waals surface area contributed by atoms with E-state index in [1.54, 1.807) is 0 Å². The second-order valence-corrected chi connectivity index (χ2v) is 2.08. The van der Waals surface area contributed by atoms with Crippen LogP contribution in [-0.4, -0.2) is 0 Å². The van der Waals surface area contributed by atoms with Gasteiger partial charge in [-0.15, -0.1) is 12.4 Å². The summed E-state index contributed by atoms with van der Waals surface area (Å²) in [5.41, 5.74) is 2.74. The molecule has 0 N–H and O–H groups in total. The van der Waals surface area contributed by atoms with Crippen molar-refractivity contribution in [3.63, 3.8) is 0 Å². The molecule has 0 radical (unpaired) electrons. The molecule has 0 amide bonds. The summed E-state index contributed by atoms with van der Waals surface area (Å²) in [5, 5.41) is 0. The molecule has 0 aliphatic rings. The predicted octanol–water partition coefficient (Wildman–Crippen LogP) is -3.27.